The normalized spacial score (nSPS) is 11.8. The van der Waals surface area contributed by atoms with Gasteiger partial charge < -0.3 is 5.32 Å². The van der Waals surface area contributed by atoms with Crippen LogP contribution in [0.1, 0.15) is 0 Å². The summed E-state index contributed by atoms with van der Waals surface area (Å²) in [7, 11) is -1.63. The molecule has 0 heterocycles. The van der Waals surface area contributed by atoms with Gasteiger partial charge in [-0.05, 0) is 30.0 Å². The van der Waals surface area contributed by atoms with Crippen LogP contribution in [-0.2, 0) is 10.0 Å². The number of benzene rings is 2. The SMILES string of the molecule is CNCCNS(=O)(=O)c1ccc2ccccc2c1. The maximum Gasteiger partial charge on any atom is 0.240 e. The molecule has 4 nitrogen and oxygen atoms in total. The maximum atomic E-state index is 12.0. The van der Waals surface area contributed by atoms with E-state index in [9.17, 15) is 8.42 Å². The van der Waals surface area contributed by atoms with Crippen LogP contribution in [0.3, 0.4) is 0 Å². The lowest BCUT2D eigenvalue weighted by Crippen LogP contribution is -2.30. The van der Waals surface area contributed by atoms with Gasteiger partial charge in [-0.3, -0.25) is 0 Å². The Balaban J connectivity index is 2.30. The highest BCUT2D eigenvalue weighted by atomic mass is 32.2. The van der Waals surface area contributed by atoms with Crippen molar-refractivity contribution in [3.8, 4) is 0 Å². The van der Waals surface area contributed by atoms with Gasteiger partial charge in [-0.15, -0.1) is 0 Å². The van der Waals surface area contributed by atoms with Gasteiger partial charge in [-0.2, -0.15) is 0 Å². The van der Waals surface area contributed by atoms with Gasteiger partial charge in [-0.25, -0.2) is 13.1 Å². The molecule has 2 aromatic carbocycles. The van der Waals surface area contributed by atoms with Gasteiger partial charge >= 0.3 is 0 Å². The van der Waals surface area contributed by atoms with Crippen LogP contribution in [0.15, 0.2) is 47.4 Å². The van der Waals surface area contributed by atoms with Crippen molar-refractivity contribution in [2.24, 2.45) is 0 Å². The van der Waals surface area contributed by atoms with Crippen LogP contribution in [0.2, 0.25) is 0 Å². The van der Waals surface area contributed by atoms with E-state index in [2.05, 4.69) is 10.0 Å². The smallest absolute Gasteiger partial charge is 0.240 e. The molecule has 5 heteroatoms. The second-order valence-electron chi connectivity index (χ2n) is 4.01. The zero-order valence-corrected chi connectivity index (χ0v) is 11.0. The summed E-state index contributed by atoms with van der Waals surface area (Å²) in [6.07, 6.45) is 0. The molecule has 0 aliphatic heterocycles. The van der Waals surface area contributed by atoms with E-state index in [1.54, 1.807) is 19.2 Å². The summed E-state index contributed by atoms with van der Waals surface area (Å²) < 4.78 is 26.6. The van der Waals surface area contributed by atoms with Crippen molar-refractivity contribution < 1.29 is 8.42 Å². The van der Waals surface area contributed by atoms with Crippen molar-refractivity contribution in [2.75, 3.05) is 20.1 Å². The van der Waals surface area contributed by atoms with E-state index in [1.807, 2.05) is 30.3 Å². The van der Waals surface area contributed by atoms with E-state index in [1.165, 1.54) is 0 Å². The summed E-state index contributed by atoms with van der Waals surface area (Å²) in [5.41, 5.74) is 0. The molecule has 0 unspecified atom stereocenters. The molecule has 96 valence electrons. The number of likely N-dealkylation sites (N-methyl/N-ethyl adjacent to an activating group) is 1. The molecule has 0 saturated heterocycles. The van der Waals surface area contributed by atoms with Gasteiger partial charge in [0.25, 0.3) is 0 Å². The third kappa shape index (κ3) is 2.87. The second kappa shape index (κ2) is 5.48. The first-order valence-corrected chi connectivity index (χ1v) is 7.25. The monoisotopic (exact) mass is 264 g/mol. The van der Waals surface area contributed by atoms with Crippen molar-refractivity contribution in [1.82, 2.24) is 10.0 Å². The third-order valence-electron chi connectivity index (χ3n) is 2.70. The van der Waals surface area contributed by atoms with E-state index in [0.29, 0.717) is 18.0 Å². The van der Waals surface area contributed by atoms with Crippen molar-refractivity contribution in [1.29, 1.82) is 0 Å². The molecular formula is C13H16N2O2S. The summed E-state index contributed by atoms with van der Waals surface area (Å²) in [5, 5.41) is 4.85. The van der Waals surface area contributed by atoms with Gasteiger partial charge in [-0.1, -0.05) is 30.3 Å². The van der Waals surface area contributed by atoms with Crippen LogP contribution < -0.4 is 10.0 Å². The van der Waals surface area contributed by atoms with Gasteiger partial charge in [0.2, 0.25) is 10.0 Å². The molecular weight excluding hydrogens is 248 g/mol. The Morgan fingerprint density at radius 3 is 2.44 bits per heavy atom. The largest absolute Gasteiger partial charge is 0.318 e. The summed E-state index contributed by atoms with van der Waals surface area (Å²) in [6, 6.07) is 12.8. The molecule has 0 bridgehead atoms. The van der Waals surface area contributed by atoms with Gasteiger partial charge in [0, 0.05) is 13.1 Å². The first kappa shape index (κ1) is 13.0. The minimum atomic E-state index is -3.41. The van der Waals surface area contributed by atoms with E-state index < -0.39 is 10.0 Å². The number of hydrogen-bond donors (Lipinski definition) is 2. The Morgan fingerprint density at radius 1 is 1.00 bits per heavy atom. The molecule has 0 saturated carbocycles. The highest BCUT2D eigenvalue weighted by molar-refractivity contribution is 7.89. The minimum Gasteiger partial charge on any atom is -0.318 e. The average molecular weight is 264 g/mol. The van der Waals surface area contributed by atoms with Crippen molar-refractivity contribution in [2.45, 2.75) is 4.90 Å². The highest BCUT2D eigenvalue weighted by Gasteiger charge is 2.13. The first-order valence-electron chi connectivity index (χ1n) is 5.76. The third-order valence-corrected chi connectivity index (χ3v) is 4.16. The number of rotatable bonds is 5. The van der Waals surface area contributed by atoms with E-state index >= 15 is 0 Å². The summed E-state index contributed by atoms with van der Waals surface area (Å²) in [6.45, 7) is 0.985. The van der Waals surface area contributed by atoms with Crippen LogP contribution in [0, 0.1) is 0 Å². The molecule has 0 fully saturated rings. The maximum absolute atomic E-state index is 12.0. The lowest BCUT2D eigenvalue weighted by Gasteiger charge is -2.07. The topological polar surface area (TPSA) is 58.2 Å². The lowest BCUT2D eigenvalue weighted by atomic mass is 10.1. The summed E-state index contributed by atoms with van der Waals surface area (Å²) in [5.74, 6) is 0. The molecule has 0 aliphatic carbocycles. The lowest BCUT2D eigenvalue weighted by molar-refractivity contribution is 0.579. The first-order chi connectivity index (χ1) is 8.63. The van der Waals surface area contributed by atoms with Crippen LogP contribution in [0.25, 0.3) is 10.8 Å². The Labute approximate surface area is 107 Å². The molecule has 0 aliphatic rings. The molecule has 18 heavy (non-hydrogen) atoms. The van der Waals surface area contributed by atoms with E-state index in [-0.39, 0.29) is 0 Å². The van der Waals surface area contributed by atoms with Gasteiger partial charge in [0.15, 0.2) is 0 Å². The average Bonchev–Trinajstić information content (AvgIpc) is 2.38. The summed E-state index contributed by atoms with van der Waals surface area (Å²) >= 11 is 0. The Bertz CT molecular complexity index is 638. The van der Waals surface area contributed by atoms with Crippen molar-refractivity contribution in [3.05, 3.63) is 42.5 Å². The minimum absolute atomic E-state index is 0.303. The molecule has 0 amide bonds. The zero-order valence-electron chi connectivity index (χ0n) is 10.2. The fourth-order valence-electron chi connectivity index (χ4n) is 1.73. The van der Waals surface area contributed by atoms with Crippen LogP contribution >= 0.6 is 0 Å². The number of hydrogen-bond acceptors (Lipinski definition) is 3. The van der Waals surface area contributed by atoms with Crippen LogP contribution in [0.5, 0.6) is 0 Å². The van der Waals surface area contributed by atoms with Gasteiger partial charge in [0.05, 0.1) is 4.90 Å². The Morgan fingerprint density at radius 2 is 1.72 bits per heavy atom. The predicted molar refractivity (Wildman–Crippen MR) is 73.1 cm³/mol. The highest BCUT2D eigenvalue weighted by Crippen LogP contribution is 2.18. The molecule has 0 atom stereocenters. The Hall–Kier alpha value is -1.43. The fourth-order valence-corrected chi connectivity index (χ4v) is 2.80. The molecule has 0 spiro atoms. The quantitative estimate of drug-likeness (QED) is 0.801. The van der Waals surface area contributed by atoms with Crippen LogP contribution in [-0.4, -0.2) is 28.6 Å². The van der Waals surface area contributed by atoms with Crippen molar-refractivity contribution in [3.63, 3.8) is 0 Å². The van der Waals surface area contributed by atoms with Gasteiger partial charge in [0.1, 0.15) is 0 Å². The number of fused-ring (bicyclic) bond motifs is 1. The molecule has 0 radical (unpaired) electrons. The fraction of sp³-hybridized carbons (Fsp3) is 0.231. The van der Waals surface area contributed by atoms with E-state index in [0.717, 1.165) is 10.8 Å². The molecule has 2 rings (SSSR count). The van der Waals surface area contributed by atoms with Crippen LogP contribution in [0.4, 0.5) is 0 Å². The molecule has 2 N–H and O–H groups in total. The standard InChI is InChI=1S/C13H16N2O2S/c1-14-8-9-15-18(16,17)13-7-6-11-4-2-3-5-12(11)10-13/h2-7,10,14-15H,8-9H2,1H3. The second-order valence-corrected chi connectivity index (χ2v) is 5.78. The number of nitrogens with one attached hydrogen (secondary N) is 2. The predicted octanol–water partition coefficient (Wildman–Crippen LogP) is 1.34. The van der Waals surface area contributed by atoms with Crippen molar-refractivity contribution >= 4 is 20.8 Å². The molecule has 2 aromatic rings. The number of sulfonamides is 1. The van der Waals surface area contributed by atoms with E-state index in [4.69, 9.17) is 0 Å². The molecule has 0 aromatic heterocycles. The Kier molecular flexibility index (Phi) is 3.96. The zero-order chi connectivity index (χ0) is 13.0. The summed E-state index contributed by atoms with van der Waals surface area (Å²) in [4.78, 5) is 0.303.